The second kappa shape index (κ2) is 12.3. The number of hydrogen-bond donors (Lipinski definition) is 2. The van der Waals surface area contributed by atoms with Crippen molar-refractivity contribution in [1.82, 2.24) is 10.6 Å². The Morgan fingerprint density at radius 3 is 2.69 bits per heavy atom. The highest BCUT2D eigenvalue weighted by molar-refractivity contribution is 9.10. The zero-order valence-corrected chi connectivity index (χ0v) is 17.0. The van der Waals surface area contributed by atoms with Crippen molar-refractivity contribution in [3.8, 4) is 0 Å². The average molecular weight is 430 g/mol. The second-order valence-corrected chi connectivity index (χ2v) is 7.22. The molecular formula is C19H29BrFN3O2. The van der Waals surface area contributed by atoms with E-state index in [2.05, 4.69) is 31.6 Å². The van der Waals surface area contributed by atoms with Crippen molar-refractivity contribution < 1.29 is 13.9 Å². The number of aryl methyl sites for hydroxylation is 1. The van der Waals surface area contributed by atoms with Gasteiger partial charge in [-0.15, -0.1) is 0 Å². The Bertz CT molecular complexity index is 566. The van der Waals surface area contributed by atoms with Gasteiger partial charge >= 0.3 is 0 Å². The average Bonchev–Trinajstić information content (AvgIpc) is 2.65. The molecule has 1 aliphatic heterocycles. The highest BCUT2D eigenvalue weighted by atomic mass is 79.9. The van der Waals surface area contributed by atoms with Crippen LogP contribution in [-0.4, -0.2) is 52.0 Å². The summed E-state index contributed by atoms with van der Waals surface area (Å²) < 4.78 is 25.7. The van der Waals surface area contributed by atoms with Crippen LogP contribution in [0.25, 0.3) is 0 Å². The third-order valence-electron chi connectivity index (χ3n) is 4.29. The summed E-state index contributed by atoms with van der Waals surface area (Å²) in [5, 5.41) is 6.54. The van der Waals surface area contributed by atoms with Gasteiger partial charge in [-0.1, -0.05) is 22.0 Å². The molecule has 0 spiro atoms. The van der Waals surface area contributed by atoms with E-state index in [4.69, 9.17) is 9.47 Å². The first-order valence-electron chi connectivity index (χ1n) is 9.27. The summed E-state index contributed by atoms with van der Waals surface area (Å²) in [6, 6.07) is 5.20. The van der Waals surface area contributed by atoms with Gasteiger partial charge in [-0.2, -0.15) is 0 Å². The smallest absolute Gasteiger partial charge is 0.190 e. The van der Waals surface area contributed by atoms with Gasteiger partial charge in [0, 0.05) is 44.4 Å². The SMILES string of the molecule is CN=C(NCCCOC1CCOCC1)NCCCc1ccc(Br)cc1F. The van der Waals surface area contributed by atoms with E-state index in [1.165, 1.54) is 6.07 Å². The molecule has 2 N–H and O–H groups in total. The van der Waals surface area contributed by atoms with Crippen molar-refractivity contribution >= 4 is 21.9 Å². The Morgan fingerprint density at radius 2 is 2.00 bits per heavy atom. The van der Waals surface area contributed by atoms with Gasteiger partial charge in [-0.25, -0.2) is 4.39 Å². The zero-order valence-electron chi connectivity index (χ0n) is 15.4. The molecule has 7 heteroatoms. The number of guanidine groups is 1. The number of benzene rings is 1. The minimum Gasteiger partial charge on any atom is -0.381 e. The third kappa shape index (κ3) is 8.01. The summed E-state index contributed by atoms with van der Waals surface area (Å²) in [4.78, 5) is 4.21. The maximum Gasteiger partial charge on any atom is 0.190 e. The number of aliphatic imine (C=N–C) groups is 1. The van der Waals surface area contributed by atoms with Gasteiger partial charge in [0.2, 0.25) is 0 Å². The first-order valence-corrected chi connectivity index (χ1v) is 10.1. The monoisotopic (exact) mass is 429 g/mol. The fourth-order valence-corrected chi connectivity index (χ4v) is 3.14. The van der Waals surface area contributed by atoms with E-state index in [0.29, 0.717) is 12.5 Å². The van der Waals surface area contributed by atoms with Gasteiger partial charge < -0.3 is 20.1 Å². The summed E-state index contributed by atoms with van der Waals surface area (Å²) in [6.07, 6.45) is 4.81. The molecule has 146 valence electrons. The predicted molar refractivity (Wildman–Crippen MR) is 106 cm³/mol. The molecule has 1 fully saturated rings. The van der Waals surface area contributed by atoms with Gasteiger partial charge in [0.05, 0.1) is 6.10 Å². The van der Waals surface area contributed by atoms with Gasteiger partial charge in [0.15, 0.2) is 5.96 Å². The molecule has 0 amide bonds. The van der Waals surface area contributed by atoms with Gasteiger partial charge in [0.25, 0.3) is 0 Å². The fourth-order valence-electron chi connectivity index (χ4n) is 2.80. The number of halogens is 2. The van der Waals surface area contributed by atoms with E-state index in [9.17, 15) is 4.39 Å². The van der Waals surface area contributed by atoms with Crippen molar-refractivity contribution in [3.63, 3.8) is 0 Å². The largest absolute Gasteiger partial charge is 0.381 e. The Hall–Kier alpha value is -1.18. The lowest BCUT2D eigenvalue weighted by atomic mass is 10.1. The first kappa shape index (κ1) is 21.1. The lowest BCUT2D eigenvalue weighted by Gasteiger charge is -2.22. The first-order chi connectivity index (χ1) is 12.7. The van der Waals surface area contributed by atoms with Crippen LogP contribution < -0.4 is 10.6 Å². The summed E-state index contributed by atoms with van der Waals surface area (Å²) in [5.74, 6) is 0.610. The van der Waals surface area contributed by atoms with E-state index < -0.39 is 0 Å². The van der Waals surface area contributed by atoms with Crippen LogP contribution in [-0.2, 0) is 15.9 Å². The summed E-state index contributed by atoms with van der Waals surface area (Å²) in [5.41, 5.74) is 0.739. The molecule has 0 bridgehead atoms. The molecule has 0 aromatic heterocycles. The van der Waals surface area contributed by atoms with Crippen LogP contribution in [0.2, 0.25) is 0 Å². The van der Waals surface area contributed by atoms with Crippen LogP contribution in [0.15, 0.2) is 27.7 Å². The molecule has 5 nitrogen and oxygen atoms in total. The normalized spacial score (nSPS) is 15.9. The zero-order chi connectivity index (χ0) is 18.6. The molecule has 0 atom stereocenters. The maximum absolute atomic E-state index is 13.8. The lowest BCUT2D eigenvalue weighted by molar-refractivity contribution is -0.0320. The molecule has 2 rings (SSSR count). The van der Waals surface area contributed by atoms with Gasteiger partial charge in [-0.05, 0) is 49.8 Å². The number of nitrogens with one attached hydrogen (secondary N) is 2. The molecule has 0 unspecified atom stereocenters. The Balaban J connectivity index is 1.53. The highest BCUT2D eigenvalue weighted by Crippen LogP contribution is 2.16. The molecule has 0 saturated carbocycles. The van der Waals surface area contributed by atoms with E-state index in [1.54, 1.807) is 7.05 Å². The van der Waals surface area contributed by atoms with E-state index in [1.807, 2.05) is 12.1 Å². The van der Waals surface area contributed by atoms with E-state index in [-0.39, 0.29) is 5.82 Å². The molecule has 1 aromatic carbocycles. The second-order valence-electron chi connectivity index (χ2n) is 6.30. The molecule has 1 aliphatic rings. The van der Waals surface area contributed by atoms with E-state index in [0.717, 1.165) is 74.6 Å². The molecule has 26 heavy (non-hydrogen) atoms. The summed E-state index contributed by atoms with van der Waals surface area (Å²) in [7, 11) is 1.75. The number of ether oxygens (including phenoxy) is 2. The van der Waals surface area contributed by atoms with Crippen LogP contribution in [0.4, 0.5) is 4.39 Å². The third-order valence-corrected chi connectivity index (χ3v) is 4.78. The van der Waals surface area contributed by atoms with Crippen molar-refractivity contribution in [2.24, 2.45) is 4.99 Å². The van der Waals surface area contributed by atoms with Crippen LogP contribution in [0.5, 0.6) is 0 Å². The summed E-state index contributed by atoms with van der Waals surface area (Å²) in [6.45, 7) is 3.92. The molecule has 1 aromatic rings. The van der Waals surface area contributed by atoms with Crippen LogP contribution >= 0.6 is 15.9 Å². The van der Waals surface area contributed by atoms with Crippen LogP contribution in [0, 0.1) is 5.82 Å². The Morgan fingerprint density at radius 1 is 1.27 bits per heavy atom. The minimum atomic E-state index is -0.161. The van der Waals surface area contributed by atoms with Crippen molar-refractivity contribution in [3.05, 3.63) is 34.1 Å². The number of nitrogens with zero attached hydrogens (tertiary/aromatic N) is 1. The molecule has 0 radical (unpaired) electrons. The molecule has 0 aliphatic carbocycles. The van der Waals surface area contributed by atoms with Gasteiger partial charge in [0.1, 0.15) is 5.82 Å². The topological polar surface area (TPSA) is 54.9 Å². The Labute approximate surface area is 163 Å². The standard InChI is InChI=1S/C19H29BrFN3O2/c1-22-19(24-10-3-11-26-17-7-12-25-13-8-17)23-9-2-4-15-5-6-16(20)14-18(15)21/h5-6,14,17H,2-4,7-13H2,1H3,(H2,22,23,24). The van der Waals surface area contributed by atoms with Crippen molar-refractivity contribution in [2.75, 3.05) is 40.0 Å². The quantitative estimate of drug-likeness (QED) is 0.359. The van der Waals surface area contributed by atoms with E-state index >= 15 is 0 Å². The lowest BCUT2D eigenvalue weighted by Crippen LogP contribution is -2.38. The predicted octanol–water partition coefficient (Wildman–Crippen LogP) is 3.27. The summed E-state index contributed by atoms with van der Waals surface area (Å²) >= 11 is 3.27. The highest BCUT2D eigenvalue weighted by Gasteiger charge is 2.13. The van der Waals surface area contributed by atoms with Crippen molar-refractivity contribution in [2.45, 2.75) is 38.2 Å². The van der Waals surface area contributed by atoms with Crippen molar-refractivity contribution in [1.29, 1.82) is 0 Å². The minimum absolute atomic E-state index is 0.161. The number of hydrogen-bond acceptors (Lipinski definition) is 3. The number of rotatable bonds is 9. The van der Waals surface area contributed by atoms with Crippen LogP contribution in [0.3, 0.4) is 0 Å². The Kier molecular flexibility index (Phi) is 9.95. The molecular weight excluding hydrogens is 401 g/mol. The van der Waals surface area contributed by atoms with Gasteiger partial charge in [-0.3, -0.25) is 4.99 Å². The maximum atomic E-state index is 13.8. The van der Waals surface area contributed by atoms with Crippen LogP contribution in [0.1, 0.15) is 31.2 Å². The molecule has 1 saturated heterocycles. The fraction of sp³-hybridized carbons (Fsp3) is 0.632. The molecule has 1 heterocycles.